The van der Waals surface area contributed by atoms with Gasteiger partial charge < -0.3 is 9.30 Å². The van der Waals surface area contributed by atoms with Gasteiger partial charge >= 0.3 is 0 Å². The number of halogens is 2. The van der Waals surface area contributed by atoms with Gasteiger partial charge in [0.1, 0.15) is 12.4 Å². The average molecular weight is 303 g/mol. The molecule has 0 atom stereocenters. The van der Waals surface area contributed by atoms with Gasteiger partial charge in [-0.05, 0) is 36.8 Å². The molecule has 0 spiro atoms. The zero-order valence-corrected chi connectivity index (χ0v) is 12.1. The monoisotopic (exact) mass is 303 g/mol. The van der Waals surface area contributed by atoms with Gasteiger partial charge in [0, 0.05) is 11.6 Å². The summed E-state index contributed by atoms with van der Waals surface area (Å²) in [5, 5.41) is 0. The van der Waals surface area contributed by atoms with Crippen LogP contribution in [0.25, 0.3) is 11.3 Å². The van der Waals surface area contributed by atoms with Crippen molar-refractivity contribution < 1.29 is 13.5 Å². The number of nitrogens with zero attached hydrogens (tertiary/aromatic N) is 1. The molecule has 2 aromatic rings. The summed E-state index contributed by atoms with van der Waals surface area (Å²) >= 11 is 0. The molecule has 22 heavy (non-hydrogen) atoms. The standard InChI is InChI=1S/C17H15F2NO2/c1-3-9-22-13-7-8-14(12(2)10-13)15-5-4-6-17(21)20(15)11-16(18)19/h1,4-8,10,16H,9,11H2,2H3. The molecule has 2 rings (SSSR count). The largest absolute Gasteiger partial charge is 0.481 e. The first-order valence-electron chi connectivity index (χ1n) is 6.68. The fraction of sp³-hybridized carbons (Fsp3) is 0.235. The molecule has 1 aromatic carbocycles. The van der Waals surface area contributed by atoms with E-state index in [2.05, 4.69) is 5.92 Å². The molecule has 114 valence electrons. The van der Waals surface area contributed by atoms with Crippen LogP contribution < -0.4 is 10.3 Å². The first-order valence-corrected chi connectivity index (χ1v) is 6.68. The third kappa shape index (κ3) is 3.53. The summed E-state index contributed by atoms with van der Waals surface area (Å²) in [5.41, 5.74) is 1.51. The van der Waals surface area contributed by atoms with Crippen molar-refractivity contribution in [3.05, 3.63) is 52.3 Å². The Kier molecular flexibility index (Phi) is 4.95. The maximum atomic E-state index is 12.7. The van der Waals surface area contributed by atoms with Gasteiger partial charge in [-0.25, -0.2) is 8.78 Å². The second-order valence-electron chi connectivity index (χ2n) is 4.72. The average Bonchev–Trinajstić information content (AvgIpc) is 2.47. The van der Waals surface area contributed by atoms with Crippen LogP contribution in [0, 0.1) is 19.3 Å². The van der Waals surface area contributed by atoms with Gasteiger partial charge in [0.2, 0.25) is 0 Å². The molecule has 0 radical (unpaired) electrons. The second-order valence-corrected chi connectivity index (χ2v) is 4.72. The Morgan fingerprint density at radius 2 is 2.09 bits per heavy atom. The van der Waals surface area contributed by atoms with Gasteiger partial charge in [-0.2, -0.15) is 0 Å². The Morgan fingerprint density at radius 1 is 1.32 bits per heavy atom. The Morgan fingerprint density at radius 3 is 2.73 bits per heavy atom. The van der Waals surface area contributed by atoms with E-state index >= 15 is 0 Å². The predicted molar refractivity (Wildman–Crippen MR) is 81.2 cm³/mol. The van der Waals surface area contributed by atoms with Gasteiger partial charge in [0.05, 0.1) is 12.2 Å². The number of aryl methyl sites for hydroxylation is 1. The fourth-order valence-electron chi connectivity index (χ4n) is 2.22. The van der Waals surface area contributed by atoms with Crippen LogP contribution in [-0.2, 0) is 6.54 Å². The fourth-order valence-corrected chi connectivity index (χ4v) is 2.22. The summed E-state index contributed by atoms with van der Waals surface area (Å²) in [6.45, 7) is 1.34. The molecule has 0 aliphatic rings. The smallest absolute Gasteiger partial charge is 0.256 e. The molecular weight excluding hydrogens is 288 g/mol. The third-order valence-electron chi connectivity index (χ3n) is 3.17. The number of pyridine rings is 1. The number of ether oxygens (including phenoxy) is 1. The summed E-state index contributed by atoms with van der Waals surface area (Å²) in [5.74, 6) is 2.96. The molecule has 0 amide bonds. The summed E-state index contributed by atoms with van der Waals surface area (Å²) in [6.07, 6.45) is 2.53. The van der Waals surface area contributed by atoms with Crippen LogP contribution in [0.4, 0.5) is 8.78 Å². The molecule has 0 fully saturated rings. The highest BCUT2D eigenvalue weighted by atomic mass is 19.3. The molecule has 0 N–H and O–H groups in total. The van der Waals surface area contributed by atoms with Crippen LogP contribution >= 0.6 is 0 Å². The molecule has 1 aromatic heterocycles. The highest BCUT2D eigenvalue weighted by Gasteiger charge is 2.13. The minimum absolute atomic E-state index is 0.153. The van der Waals surface area contributed by atoms with Crippen LogP contribution in [-0.4, -0.2) is 17.6 Å². The number of rotatable bonds is 5. The summed E-state index contributed by atoms with van der Waals surface area (Å²) < 4.78 is 31.8. The van der Waals surface area contributed by atoms with Gasteiger partial charge in [0.15, 0.2) is 0 Å². The van der Waals surface area contributed by atoms with Gasteiger partial charge in [-0.1, -0.05) is 12.0 Å². The summed E-state index contributed by atoms with van der Waals surface area (Å²) in [6, 6.07) is 9.67. The van der Waals surface area contributed by atoms with Crippen LogP contribution in [0.5, 0.6) is 5.75 Å². The van der Waals surface area contributed by atoms with Crippen molar-refractivity contribution >= 4 is 0 Å². The predicted octanol–water partition coefficient (Wildman–Crippen LogP) is 3.10. The molecule has 1 heterocycles. The Labute approximate surface area is 127 Å². The first-order chi connectivity index (χ1) is 10.5. The molecule has 3 nitrogen and oxygen atoms in total. The van der Waals surface area contributed by atoms with Gasteiger partial charge in [-0.15, -0.1) is 6.42 Å². The summed E-state index contributed by atoms with van der Waals surface area (Å²) in [4.78, 5) is 11.9. The Hall–Kier alpha value is -2.61. The topological polar surface area (TPSA) is 31.2 Å². The number of hydrogen-bond acceptors (Lipinski definition) is 2. The number of benzene rings is 1. The van der Waals surface area contributed by atoms with Crippen molar-refractivity contribution in [1.29, 1.82) is 0 Å². The van der Waals surface area contributed by atoms with Crippen molar-refractivity contribution in [1.82, 2.24) is 4.57 Å². The van der Waals surface area contributed by atoms with Gasteiger partial charge in [0.25, 0.3) is 12.0 Å². The van der Waals surface area contributed by atoms with E-state index in [1.807, 2.05) is 6.92 Å². The van der Waals surface area contributed by atoms with E-state index < -0.39 is 18.5 Å². The molecule has 0 aliphatic carbocycles. The third-order valence-corrected chi connectivity index (χ3v) is 3.17. The number of terminal acetylenes is 1. The van der Waals surface area contributed by atoms with Crippen molar-refractivity contribution in [2.45, 2.75) is 19.9 Å². The molecule has 0 unspecified atom stereocenters. The van der Waals surface area contributed by atoms with Crippen LogP contribution in [0.3, 0.4) is 0 Å². The Bertz CT molecular complexity index is 760. The molecule has 0 bridgehead atoms. The quantitative estimate of drug-likeness (QED) is 0.795. The minimum atomic E-state index is -2.60. The van der Waals surface area contributed by atoms with Crippen molar-refractivity contribution in [2.24, 2.45) is 0 Å². The number of alkyl halides is 2. The van der Waals surface area contributed by atoms with Crippen LogP contribution in [0.2, 0.25) is 0 Å². The molecule has 5 heteroatoms. The first kappa shape index (κ1) is 15.8. The van der Waals surface area contributed by atoms with E-state index in [1.54, 1.807) is 30.3 Å². The van der Waals surface area contributed by atoms with Crippen LogP contribution in [0.15, 0.2) is 41.2 Å². The molecule has 0 saturated carbocycles. The molecule has 0 aliphatic heterocycles. The minimum Gasteiger partial charge on any atom is -0.481 e. The normalized spacial score (nSPS) is 10.5. The lowest BCUT2D eigenvalue weighted by atomic mass is 10.0. The van der Waals surface area contributed by atoms with Crippen molar-refractivity contribution in [3.8, 4) is 29.4 Å². The maximum Gasteiger partial charge on any atom is 0.256 e. The van der Waals surface area contributed by atoms with E-state index in [1.165, 1.54) is 6.07 Å². The van der Waals surface area contributed by atoms with E-state index in [4.69, 9.17) is 11.2 Å². The Balaban J connectivity index is 2.46. The zero-order valence-electron chi connectivity index (χ0n) is 12.1. The molecular formula is C17H15F2NO2. The molecule has 0 saturated heterocycles. The van der Waals surface area contributed by atoms with Gasteiger partial charge in [-0.3, -0.25) is 4.79 Å². The lowest BCUT2D eigenvalue weighted by Crippen LogP contribution is -2.24. The van der Waals surface area contributed by atoms with E-state index in [-0.39, 0.29) is 6.61 Å². The number of hydrogen-bond donors (Lipinski definition) is 0. The lowest BCUT2D eigenvalue weighted by Gasteiger charge is -2.15. The van der Waals surface area contributed by atoms with E-state index in [0.717, 1.165) is 10.1 Å². The maximum absolute atomic E-state index is 12.7. The number of aromatic nitrogens is 1. The van der Waals surface area contributed by atoms with Crippen molar-refractivity contribution in [3.63, 3.8) is 0 Å². The SMILES string of the molecule is C#CCOc1ccc(-c2cccc(=O)n2CC(F)F)c(C)c1. The highest BCUT2D eigenvalue weighted by Crippen LogP contribution is 2.26. The lowest BCUT2D eigenvalue weighted by molar-refractivity contribution is 0.126. The van der Waals surface area contributed by atoms with E-state index in [0.29, 0.717) is 17.0 Å². The van der Waals surface area contributed by atoms with E-state index in [9.17, 15) is 13.6 Å². The van der Waals surface area contributed by atoms with Crippen molar-refractivity contribution in [2.75, 3.05) is 6.61 Å². The highest BCUT2D eigenvalue weighted by molar-refractivity contribution is 5.65. The van der Waals surface area contributed by atoms with Crippen LogP contribution in [0.1, 0.15) is 5.56 Å². The second kappa shape index (κ2) is 6.90. The zero-order chi connectivity index (χ0) is 16.1. The summed E-state index contributed by atoms with van der Waals surface area (Å²) in [7, 11) is 0.